The van der Waals surface area contributed by atoms with Crippen LogP contribution in [0.5, 0.6) is 5.75 Å². The molecule has 31 heavy (non-hydrogen) atoms. The van der Waals surface area contributed by atoms with Crippen LogP contribution in [-0.2, 0) is 0 Å². The molecule has 0 heterocycles. The van der Waals surface area contributed by atoms with Gasteiger partial charge in [0.15, 0.2) is 0 Å². The summed E-state index contributed by atoms with van der Waals surface area (Å²) in [5, 5.41) is 8.60. The standard InChI is InChI=1S/C23H21F2N3O3/c1-2-26-21(29)15-6-5-7-17(14-15)28-22(30)19-8-3-4-9-20(19)27-16-10-12-18(13-11-16)31-23(24)25/h3-14,23,27H,2H2,1H3,(H,26,29)(H,28,30). The largest absolute Gasteiger partial charge is 0.435 e. The van der Waals surface area contributed by atoms with E-state index in [0.29, 0.717) is 34.7 Å². The highest BCUT2D eigenvalue weighted by Gasteiger charge is 2.13. The molecule has 6 nitrogen and oxygen atoms in total. The number of anilines is 3. The van der Waals surface area contributed by atoms with Gasteiger partial charge in [-0.2, -0.15) is 8.78 Å². The summed E-state index contributed by atoms with van der Waals surface area (Å²) in [5.41, 5.74) is 2.43. The monoisotopic (exact) mass is 425 g/mol. The van der Waals surface area contributed by atoms with Crippen molar-refractivity contribution in [2.45, 2.75) is 13.5 Å². The lowest BCUT2D eigenvalue weighted by Crippen LogP contribution is -2.22. The molecule has 8 heteroatoms. The summed E-state index contributed by atoms with van der Waals surface area (Å²) in [6, 6.07) is 19.5. The van der Waals surface area contributed by atoms with E-state index in [2.05, 4.69) is 20.7 Å². The van der Waals surface area contributed by atoms with Crippen LogP contribution in [0.25, 0.3) is 0 Å². The van der Waals surface area contributed by atoms with E-state index in [0.717, 1.165) is 0 Å². The van der Waals surface area contributed by atoms with E-state index in [9.17, 15) is 18.4 Å². The van der Waals surface area contributed by atoms with Gasteiger partial charge in [0.2, 0.25) is 0 Å². The Hall–Kier alpha value is -3.94. The van der Waals surface area contributed by atoms with E-state index in [1.165, 1.54) is 12.1 Å². The highest BCUT2D eigenvalue weighted by atomic mass is 19.3. The summed E-state index contributed by atoms with van der Waals surface area (Å²) in [5.74, 6) is -0.549. The second-order valence-electron chi connectivity index (χ2n) is 6.47. The van der Waals surface area contributed by atoms with E-state index >= 15 is 0 Å². The first-order valence-electron chi connectivity index (χ1n) is 9.57. The number of alkyl halides is 2. The zero-order valence-electron chi connectivity index (χ0n) is 16.7. The van der Waals surface area contributed by atoms with Gasteiger partial charge in [0, 0.05) is 23.5 Å². The van der Waals surface area contributed by atoms with Crippen molar-refractivity contribution < 1.29 is 23.1 Å². The first kappa shape index (κ1) is 21.8. The number of halogens is 2. The summed E-state index contributed by atoms with van der Waals surface area (Å²) >= 11 is 0. The quantitative estimate of drug-likeness (QED) is 0.473. The van der Waals surface area contributed by atoms with Crippen LogP contribution in [0.3, 0.4) is 0 Å². The number of para-hydroxylation sites is 1. The lowest BCUT2D eigenvalue weighted by molar-refractivity contribution is -0.0498. The van der Waals surface area contributed by atoms with Gasteiger partial charge in [-0.1, -0.05) is 18.2 Å². The van der Waals surface area contributed by atoms with E-state index in [1.807, 2.05) is 6.92 Å². The van der Waals surface area contributed by atoms with Crippen molar-refractivity contribution in [3.63, 3.8) is 0 Å². The average Bonchev–Trinajstić information content (AvgIpc) is 2.75. The van der Waals surface area contributed by atoms with Gasteiger partial charge in [0.25, 0.3) is 11.8 Å². The second-order valence-corrected chi connectivity index (χ2v) is 6.47. The third-order valence-corrected chi connectivity index (χ3v) is 4.25. The van der Waals surface area contributed by atoms with Crippen molar-refractivity contribution in [2.24, 2.45) is 0 Å². The van der Waals surface area contributed by atoms with E-state index in [4.69, 9.17) is 0 Å². The molecule has 0 aliphatic rings. The molecule has 0 aliphatic heterocycles. The molecule has 160 valence electrons. The maximum atomic E-state index is 12.9. The van der Waals surface area contributed by atoms with Gasteiger partial charge < -0.3 is 20.7 Å². The van der Waals surface area contributed by atoms with Gasteiger partial charge in [-0.25, -0.2) is 0 Å². The molecule has 3 aromatic carbocycles. The fourth-order valence-corrected chi connectivity index (χ4v) is 2.86. The summed E-state index contributed by atoms with van der Waals surface area (Å²) in [6.07, 6.45) is 0. The zero-order valence-corrected chi connectivity index (χ0v) is 16.7. The van der Waals surface area contributed by atoms with Crippen LogP contribution in [-0.4, -0.2) is 25.0 Å². The summed E-state index contributed by atoms with van der Waals surface area (Å²) in [6.45, 7) is -0.564. The molecular weight excluding hydrogens is 404 g/mol. The Balaban J connectivity index is 1.75. The van der Waals surface area contributed by atoms with Gasteiger partial charge in [0.1, 0.15) is 5.75 Å². The van der Waals surface area contributed by atoms with Crippen LogP contribution in [0, 0.1) is 0 Å². The topological polar surface area (TPSA) is 79.5 Å². The fraction of sp³-hybridized carbons (Fsp3) is 0.130. The van der Waals surface area contributed by atoms with Crippen LogP contribution in [0.4, 0.5) is 25.8 Å². The van der Waals surface area contributed by atoms with Crippen molar-refractivity contribution in [1.82, 2.24) is 5.32 Å². The molecule has 3 aromatic rings. The molecule has 0 aliphatic carbocycles. The number of hydrogen-bond acceptors (Lipinski definition) is 4. The molecule has 0 radical (unpaired) electrons. The fourth-order valence-electron chi connectivity index (χ4n) is 2.86. The summed E-state index contributed by atoms with van der Waals surface area (Å²) in [7, 11) is 0. The lowest BCUT2D eigenvalue weighted by Gasteiger charge is -2.13. The van der Waals surface area contributed by atoms with Crippen molar-refractivity contribution >= 4 is 28.9 Å². The van der Waals surface area contributed by atoms with Crippen molar-refractivity contribution in [3.05, 3.63) is 83.9 Å². The maximum Gasteiger partial charge on any atom is 0.387 e. The zero-order chi connectivity index (χ0) is 22.2. The number of carbonyl (C=O) groups excluding carboxylic acids is 2. The number of ether oxygens (including phenoxy) is 1. The number of carbonyl (C=O) groups is 2. The van der Waals surface area contributed by atoms with Crippen LogP contribution in [0.1, 0.15) is 27.6 Å². The van der Waals surface area contributed by atoms with Crippen molar-refractivity contribution in [3.8, 4) is 5.75 Å². The molecule has 0 unspecified atom stereocenters. The molecule has 0 aromatic heterocycles. The molecule has 0 atom stereocenters. The van der Waals surface area contributed by atoms with Crippen LogP contribution >= 0.6 is 0 Å². The first-order chi connectivity index (χ1) is 15.0. The van der Waals surface area contributed by atoms with Crippen molar-refractivity contribution in [2.75, 3.05) is 17.2 Å². The molecule has 0 fully saturated rings. The Bertz CT molecular complexity index is 1060. The molecular formula is C23H21F2N3O3. The van der Waals surface area contributed by atoms with Crippen LogP contribution in [0.2, 0.25) is 0 Å². The molecule has 3 N–H and O–H groups in total. The Labute approximate surface area is 178 Å². The molecule has 0 bridgehead atoms. The third kappa shape index (κ3) is 6.02. The lowest BCUT2D eigenvalue weighted by atomic mass is 10.1. The average molecular weight is 425 g/mol. The van der Waals surface area contributed by atoms with Gasteiger partial charge in [-0.15, -0.1) is 0 Å². The van der Waals surface area contributed by atoms with Gasteiger partial charge in [-0.3, -0.25) is 9.59 Å². The Kier molecular flexibility index (Phi) is 7.16. The van der Waals surface area contributed by atoms with E-state index in [-0.39, 0.29) is 17.6 Å². The Morgan fingerprint density at radius 1 is 0.903 bits per heavy atom. The predicted octanol–water partition coefficient (Wildman–Crippen LogP) is 5.03. The summed E-state index contributed by atoms with van der Waals surface area (Å²) in [4.78, 5) is 24.9. The molecule has 0 saturated heterocycles. The smallest absolute Gasteiger partial charge is 0.387 e. The minimum absolute atomic E-state index is 0.0403. The minimum atomic E-state index is -2.89. The van der Waals surface area contributed by atoms with Crippen molar-refractivity contribution in [1.29, 1.82) is 0 Å². The van der Waals surface area contributed by atoms with Gasteiger partial charge >= 0.3 is 6.61 Å². The SMILES string of the molecule is CCNC(=O)c1cccc(NC(=O)c2ccccc2Nc2ccc(OC(F)F)cc2)c1. The third-order valence-electron chi connectivity index (χ3n) is 4.25. The van der Waals surface area contributed by atoms with E-state index in [1.54, 1.807) is 60.7 Å². The molecule has 2 amide bonds. The molecule has 3 rings (SSSR count). The maximum absolute atomic E-state index is 12.9. The first-order valence-corrected chi connectivity index (χ1v) is 9.57. The second kappa shape index (κ2) is 10.2. The number of hydrogen-bond donors (Lipinski definition) is 3. The Morgan fingerprint density at radius 2 is 1.65 bits per heavy atom. The normalized spacial score (nSPS) is 10.5. The minimum Gasteiger partial charge on any atom is -0.435 e. The molecule has 0 spiro atoms. The number of rotatable bonds is 8. The Morgan fingerprint density at radius 3 is 2.35 bits per heavy atom. The highest BCUT2D eigenvalue weighted by molar-refractivity contribution is 6.09. The predicted molar refractivity (Wildman–Crippen MR) is 115 cm³/mol. The van der Waals surface area contributed by atoms with Crippen LogP contribution < -0.4 is 20.7 Å². The number of amides is 2. The van der Waals surface area contributed by atoms with Gasteiger partial charge in [0.05, 0.1) is 11.3 Å². The van der Waals surface area contributed by atoms with Gasteiger partial charge in [-0.05, 0) is 61.5 Å². The number of benzene rings is 3. The summed E-state index contributed by atoms with van der Waals surface area (Å²) < 4.78 is 28.9. The highest BCUT2D eigenvalue weighted by Crippen LogP contribution is 2.24. The van der Waals surface area contributed by atoms with Crippen LogP contribution in [0.15, 0.2) is 72.8 Å². The number of nitrogens with one attached hydrogen (secondary N) is 3. The molecule has 0 saturated carbocycles. The van der Waals surface area contributed by atoms with E-state index < -0.39 is 6.61 Å².